The molecule has 11 heteroatoms. The number of ether oxygens (including phenoxy) is 2. The summed E-state index contributed by atoms with van der Waals surface area (Å²) < 4.78 is 15.6. The lowest BCUT2D eigenvalue weighted by Gasteiger charge is -2.20. The van der Waals surface area contributed by atoms with Gasteiger partial charge < -0.3 is 14.6 Å². The summed E-state index contributed by atoms with van der Waals surface area (Å²) in [5, 5.41) is 19.4. The van der Waals surface area contributed by atoms with Gasteiger partial charge in [-0.15, -0.1) is 10.2 Å². The van der Waals surface area contributed by atoms with E-state index in [2.05, 4.69) is 48.3 Å². The topological polar surface area (TPSA) is 120 Å². The van der Waals surface area contributed by atoms with Crippen molar-refractivity contribution in [3.8, 4) is 22.9 Å². The highest BCUT2D eigenvalue weighted by molar-refractivity contribution is 8.01. The van der Waals surface area contributed by atoms with Gasteiger partial charge in [0.1, 0.15) is 23.0 Å². The monoisotopic (exact) mass is 477 g/mol. The molecule has 1 aliphatic heterocycles. The normalized spacial score (nSPS) is 13.9. The summed E-state index contributed by atoms with van der Waals surface area (Å²) in [6.45, 7) is 4.10. The zero-order valence-electron chi connectivity index (χ0n) is 19.1. The molecular weight excluding hydrogens is 454 g/mol. The highest BCUT2D eigenvalue weighted by Gasteiger charge is 2.24. The number of phenols is 1. The van der Waals surface area contributed by atoms with Gasteiger partial charge >= 0.3 is 0 Å². The molecule has 1 aliphatic rings. The summed E-state index contributed by atoms with van der Waals surface area (Å²) in [4.78, 5) is 12.9. The van der Waals surface area contributed by atoms with Crippen molar-refractivity contribution in [3.05, 3.63) is 59.9 Å². The molecule has 3 heterocycles. The summed E-state index contributed by atoms with van der Waals surface area (Å²) in [7, 11) is 3.11. The molecule has 0 radical (unpaired) electrons. The Kier molecular flexibility index (Phi) is 6.98. The summed E-state index contributed by atoms with van der Waals surface area (Å²) in [6, 6.07) is 5.02. The SMILES string of the molecule is COc1cnc(C(C)C(C)SNc2nnc(C3=C=C=CN=C3)n2-c2c(O)cccc2OC)nc1. The number of hydrogen-bond donors (Lipinski definition) is 2. The number of hydrogen-bond acceptors (Lipinski definition) is 10. The van der Waals surface area contributed by atoms with Crippen molar-refractivity contribution in [3.63, 3.8) is 0 Å². The molecule has 0 saturated carbocycles. The molecule has 34 heavy (non-hydrogen) atoms. The standard InChI is InChI=1S/C23H23N7O3S/c1-14(21-25-12-17(32-3)13-26-21)15(2)34-29-23-28-27-22(16-7-6-10-24-11-16)30(23)20-18(31)8-5-9-19(20)33-4/h5,8-15,31H,1-4H3,(H,28,29). The number of nitrogens with zero attached hydrogens (tertiary/aromatic N) is 6. The summed E-state index contributed by atoms with van der Waals surface area (Å²) >= 11 is 1.44. The van der Waals surface area contributed by atoms with Gasteiger partial charge in [-0.2, -0.15) is 0 Å². The van der Waals surface area contributed by atoms with Crippen LogP contribution in [0, 0.1) is 0 Å². The van der Waals surface area contributed by atoms with Gasteiger partial charge in [-0.05, 0) is 29.8 Å². The van der Waals surface area contributed by atoms with Crippen LogP contribution in [0.1, 0.15) is 31.4 Å². The summed E-state index contributed by atoms with van der Waals surface area (Å²) in [5.41, 5.74) is 6.76. The molecule has 0 spiro atoms. The second kappa shape index (κ2) is 10.3. The third kappa shape index (κ3) is 4.67. The Morgan fingerprint density at radius 1 is 1.12 bits per heavy atom. The number of anilines is 1. The first-order chi connectivity index (χ1) is 16.5. The zero-order valence-corrected chi connectivity index (χ0v) is 19.9. The molecule has 0 amide bonds. The van der Waals surface area contributed by atoms with E-state index in [1.807, 2.05) is 6.92 Å². The third-order valence-electron chi connectivity index (χ3n) is 5.21. The van der Waals surface area contributed by atoms with Crippen LogP contribution >= 0.6 is 11.9 Å². The molecule has 2 atom stereocenters. The highest BCUT2D eigenvalue weighted by atomic mass is 32.2. The summed E-state index contributed by atoms with van der Waals surface area (Å²) in [6.07, 6.45) is 6.41. The Hall–Kier alpha value is -4.04. The molecule has 174 valence electrons. The lowest BCUT2D eigenvalue weighted by atomic mass is 10.1. The van der Waals surface area contributed by atoms with Crippen molar-refractivity contribution in [1.29, 1.82) is 0 Å². The number of methoxy groups -OCH3 is 2. The maximum absolute atomic E-state index is 10.7. The van der Waals surface area contributed by atoms with E-state index < -0.39 is 0 Å². The van der Waals surface area contributed by atoms with Crippen LogP contribution in [0.15, 0.2) is 53.2 Å². The molecule has 1 aromatic carbocycles. The number of aromatic hydroxyl groups is 1. The number of rotatable bonds is 9. The molecular formula is C23H23N7O3S. The van der Waals surface area contributed by atoms with Crippen molar-refractivity contribution >= 4 is 29.7 Å². The van der Waals surface area contributed by atoms with Crippen molar-refractivity contribution in [1.82, 2.24) is 24.7 Å². The third-order valence-corrected chi connectivity index (χ3v) is 6.29. The van der Waals surface area contributed by atoms with Crippen LogP contribution in [0.2, 0.25) is 0 Å². The van der Waals surface area contributed by atoms with Crippen LogP contribution in [-0.4, -0.2) is 55.5 Å². The van der Waals surface area contributed by atoms with Gasteiger partial charge in [0.2, 0.25) is 5.95 Å². The van der Waals surface area contributed by atoms with Crippen molar-refractivity contribution in [2.45, 2.75) is 25.0 Å². The molecule has 0 saturated heterocycles. The van der Waals surface area contributed by atoms with E-state index in [-0.39, 0.29) is 16.9 Å². The van der Waals surface area contributed by atoms with Crippen molar-refractivity contribution in [2.75, 3.05) is 18.9 Å². The number of allylic oxidation sites excluding steroid dienone is 1. The van der Waals surface area contributed by atoms with Crippen LogP contribution < -0.4 is 14.2 Å². The first-order valence-corrected chi connectivity index (χ1v) is 11.2. The predicted molar refractivity (Wildman–Crippen MR) is 131 cm³/mol. The minimum atomic E-state index is 0.00868. The van der Waals surface area contributed by atoms with Gasteiger partial charge in [0.25, 0.3) is 0 Å². The number of benzene rings is 1. The van der Waals surface area contributed by atoms with Crippen LogP contribution in [0.25, 0.3) is 11.3 Å². The molecule has 2 aromatic heterocycles. The van der Waals surface area contributed by atoms with Gasteiger partial charge in [0, 0.05) is 17.4 Å². The van der Waals surface area contributed by atoms with E-state index in [1.165, 1.54) is 25.3 Å². The van der Waals surface area contributed by atoms with E-state index in [0.717, 1.165) is 0 Å². The number of aliphatic imine (C=N–C) groups is 1. The molecule has 10 nitrogen and oxygen atoms in total. The van der Waals surface area contributed by atoms with Gasteiger partial charge in [-0.25, -0.2) is 9.97 Å². The van der Waals surface area contributed by atoms with Crippen LogP contribution in [0.3, 0.4) is 0 Å². The first-order valence-electron chi connectivity index (χ1n) is 10.4. The van der Waals surface area contributed by atoms with Crippen LogP contribution in [0.4, 0.5) is 5.95 Å². The van der Waals surface area contributed by atoms with Gasteiger partial charge in [0.15, 0.2) is 11.6 Å². The largest absolute Gasteiger partial charge is 0.506 e. The van der Waals surface area contributed by atoms with Gasteiger partial charge in [-0.3, -0.25) is 14.3 Å². The quantitative estimate of drug-likeness (QED) is 0.350. The number of aromatic nitrogens is 5. The molecule has 0 aliphatic carbocycles. The highest BCUT2D eigenvalue weighted by Crippen LogP contribution is 2.37. The van der Waals surface area contributed by atoms with E-state index in [9.17, 15) is 5.11 Å². The van der Waals surface area contributed by atoms with E-state index >= 15 is 0 Å². The zero-order chi connectivity index (χ0) is 24.1. The minimum absolute atomic E-state index is 0.00868. The Labute approximate surface area is 200 Å². The molecule has 0 bridgehead atoms. The van der Waals surface area contributed by atoms with Crippen molar-refractivity contribution < 1.29 is 14.6 Å². The minimum Gasteiger partial charge on any atom is -0.506 e. The Morgan fingerprint density at radius 2 is 1.91 bits per heavy atom. The van der Waals surface area contributed by atoms with Gasteiger partial charge in [0.05, 0.1) is 38.4 Å². The number of para-hydroxylation sites is 1. The molecule has 3 aromatic rings. The Bertz CT molecular complexity index is 1310. The molecule has 2 unspecified atom stereocenters. The second-order valence-electron chi connectivity index (χ2n) is 7.30. The molecule has 2 N–H and O–H groups in total. The summed E-state index contributed by atoms with van der Waals surface area (Å²) in [5.74, 6) is 2.62. The predicted octanol–water partition coefficient (Wildman–Crippen LogP) is 3.77. The maximum Gasteiger partial charge on any atom is 0.239 e. The average Bonchev–Trinajstić information content (AvgIpc) is 3.30. The Balaban J connectivity index is 1.66. The maximum atomic E-state index is 10.7. The average molecular weight is 478 g/mol. The number of nitrogens with one attached hydrogen (secondary N) is 1. The molecule has 0 fully saturated rings. The van der Waals surface area contributed by atoms with Gasteiger partial charge in [-0.1, -0.05) is 25.6 Å². The Morgan fingerprint density at radius 3 is 2.59 bits per heavy atom. The van der Waals surface area contributed by atoms with E-state index in [1.54, 1.807) is 48.5 Å². The van der Waals surface area contributed by atoms with E-state index in [0.29, 0.717) is 40.4 Å². The second-order valence-corrected chi connectivity index (χ2v) is 8.48. The molecule has 4 rings (SSSR count). The van der Waals surface area contributed by atoms with Crippen LogP contribution in [-0.2, 0) is 0 Å². The van der Waals surface area contributed by atoms with Crippen LogP contribution in [0.5, 0.6) is 17.2 Å². The fourth-order valence-corrected chi connectivity index (χ4v) is 3.92. The fraction of sp³-hybridized carbons (Fsp3) is 0.261. The fourth-order valence-electron chi connectivity index (χ4n) is 3.17. The lowest BCUT2D eigenvalue weighted by molar-refractivity contribution is 0.405. The lowest BCUT2D eigenvalue weighted by Crippen LogP contribution is -2.15. The first kappa shape index (κ1) is 23.1. The van der Waals surface area contributed by atoms with Crippen molar-refractivity contribution in [2.24, 2.45) is 4.99 Å². The van der Waals surface area contributed by atoms with E-state index in [4.69, 9.17) is 9.47 Å². The smallest absolute Gasteiger partial charge is 0.239 e. The number of phenolic OH excluding ortho intramolecular Hbond substituents is 1.